The monoisotopic (exact) mass is 838 g/mol. The number of benzene rings is 2. The molecule has 7 rings (SSSR count). The molecule has 0 aliphatic carbocycles. The van der Waals surface area contributed by atoms with Crippen molar-refractivity contribution >= 4 is 53.3 Å². The van der Waals surface area contributed by atoms with E-state index in [9.17, 15) is 18.6 Å². The predicted molar refractivity (Wildman–Crippen MR) is 229 cm³/mol. The Bertz CT molecular complexity index is 2240. The van der Waals surface area contributed by atoms with Gasteiger partial charge in [-0.3, -0.25) is 25.2 Å². The van der Waals surface area contributed by atoms with Crippen LogP contribution in [-0.2, 0) is 33.7 Å². The van der Waals surface area contributed by atoms with Crippen molar-refractivity contribution in [3.8, 4) is 5.75 Å². The van der Waals surface area contributed by atoms with Gasteiger partial charge in [0.05, 0.1) is 24.2 Å². The van der Waals surface area contributed by atoms with E-state index in [0.29, 0.717) is 60.5 Å². The Balaban J connectivity index is 0.867. The number of unbranched alkanes of at least 4 members (excludes halogenated alkanes) is 1. The summed E-state index contributed by atoms with van der Waals surface area (Å²) >= 11 is 0. The number of anilines is 1. The van der Waals surface area contributed by atoms with Crippen molar-refractivity contribution in [3.05, 3.63) is 82.9 Å². The lowest BCUT2D eigenvalue weighted by molar-refractivity contribution is -0.125. The highest BCUT2D eigenvalue weighted by Crippen LogP contribution is 2.43. The maximum Gasteiger partial charge on any atom is 0.272 e. The van der Waals surface area contributed by atoms with Gasteiger partial charge in [-0.05, 0) is 74.6 Å². The normalized spacial score (nSPS) is 18.9. The fourth-order valence-electron chi connectivity index (χ4n) is 8.37. The van der Waals surface area contributed by atoms with Gasteiger partial charge in [0.2, 0.25) is 5.91 Å². The van der Waals surface area contributed by atoms with E-state index >= 15 is 0 Å². The van der Waals surface area contributed by atoms with Crippen molar-refractivity contribution < 1.29 is 23.3 Å². The highest BCUT2D eigenvalue weighted by molar-refractivity contribution is 7.82. The number of fused-ring (bicyclic) bond motifs is 1. The number of hydrogen-bond acceptors (Lipinski definition) is 13. The molecule has 1 atom stereocenters. The number of nitrogens with one attached hydrogen (secondary N) is 3. The summed E-state index contributed by atoms with van der Waals surface area (Å²) in [6, 6.07) is 14.2. The molecule has 4 aliphatic rings. The highest BCUT2D eigenvalue weighted by Gasteiger charge is 2.51. The molecule has 1 spiro atoms. The van der Waals surface area contributed by atoms with E-state index in [1.54, 1.807) is 0 Å². The number of aldehydes is 1. The van der Waals surface area contributed by atoms with Crippen LogP contribution in [0.5, 0.6) is 5.75 Å². The number of rotatable bonds is 18. The van der Waals surface area contributed by atoms with Crippen LogP contribution in [0.15, 0.2) is 70.0 Å². The van der Waals surface area contributed by atoms with Crippen LogP contribution in [0.2, 0.25) is 0 Å². The molecule has 18 heteroatoms. The van der Waals surface area contributed by atoms with Gasteiger partial charge in [0.1, 0.15) is 29.3 Å². The third-order valence-corrected chi connectivity index (χ3v) is 12.8. The zero-order chi connectivity index (χ0) is 42.4. The van der Waals surface area contributed by atoms with E-state index in [1.165, 1.54) is 22.2 Å². The van der Waals surface area contributed by atoms with Crippen molar-refractivity contribution in [1.29, 1.82) is 5.41 Å². The van der Waals surface area contributed by atoms with Crippen molar-refractivity contribution in [2.45, 2.75) is 76.1 Å². The summed E-state index contributed by atoms with van der Waals surface area (Å²) < 4.78 is 23.3. The molecule has 5 N–H and O–H groups in total. The summed E-state index contributed by atoms with van der Waals surface area (Å²) in [6.07, 6.45) is 7.10. The molecule has 60 heavy (non-hydrogen) atoms. The highest BCUT2D eigenvalue weighted by atomic mass is 32.2. The van der Waals surface area contributed by atoms with E-state index in [-0.39, 0.29) is 42.5 Å². The molecule has 0 radical (unpaired) electrons. The number of nitrogens with zero attached hydrogens (tertiary/aromatic N) is 8. The minimum absolute atomic E-state index is 0.180. The number of carbonyl (C=O) groups excluding carboxylic acids is 3. The summed E-state index contributed by atoms with van der Waals surface area (Å²) in [7, 11) is -1.27. The molecule has 2 amide bonds. The number of aromatic nitrogens is 2. The van der Waals surface area contributed by atoms with Gasteiger partial charge in [-0.25, -0.2) is 28.2 Å². The maximum atomic E-state index is 13.8. The van der Waals surface area contributed by atoms with Gasteiger partial charge in [0.15, 0.2) is 11.2 Å². The van der Waals surface area contributed by atoms with E-state index in [1.807, 2.05) is 42.4 Å². The molecule has 0 saturated carbocycles. The van der Waals surface area contributed by atoms with E-state index in [2.05, 4.69) is 55.5 Å². The van der Waals surface area contributed by atoms with Gasteiger partial charge >= 0.3 is 0 Å². The first-order chi connectivity index (χ1) is 29.0. The molecule has 3 aromatic rings. The number of ether oxygens (including phenoxy) is 1. The first-order valence-corrected chi connectivity index (χ1v) is 21.5. The van der Waals surface area contributed by atoms with Crippen molar-refractivity contribution in [2.24, 2.45) is 21.2 Å². The van der Waals surface area contributed by atoms with Gasteiger partial charge in [-0.15, -0.1) is 0 Å². The van der Waals surface area contributed by atoms with Crippen LogP contribution >= 0.6 is 0 Å². The van der Waals surface area contributed by atoms with Gasteiger partial charge < -0.3 is 25.6 Å². The topological polar surface area (TPSA) is 207 Å². The Morgan fingerprint density at radius 2 is 1.95 bits per heavy atom. The molecular formula is C42H54N12O5S. The largest absolute Gasteiger partial charge is 0.485 e. The Morgan fingerprint density at radius 3 is 2.65 bits per heavy atom. The number of hydrazine groups is 1. The number of likely N-dealkylation sites (tertiary alicyclic amines) is 1. The molecule has 5 heterocycles. The van der Waals surface area contributed by atoms with Crippen LogP contribution in [-0.4, -0.2) is 117 Å². The lowest BCUT2D eigenvalue weighted by atomic mass is 9.72. The molecule has 3 fully saturated rings. The number of nitrogens with two attached hydrogens (primary N) is 1. The maximum absolute atomic E-state index is 13.8. The van der Waals surface area contributed by atoms with Crippen molar-refractivity contribution in [1.82, 2.24) is 34.6 Å². The van der Waals surface area contributed by atoms with Gasteiger partial charge in [0.25, 0.3) is 5.91 Å². The molecule has 17 nitrogen and oxygen atoms in total. The van der Waals surface area contributed by atoms with Crippen molar-refractivity contribution in [3.63, 3.8) is 0 Å². The zero-order valence-corrected chi connectivity index (χ0v) is 35.0. The molecule has 1 aromatic heterocycles. The third kappa shape index (κ3) is 9.41. The molecule has 2 aromatic carbocycles. The second-order valence-corrected chi connectivity index (χ2v) is 17.6. The molecule has 1 unspecified atom stereocenters. The lowest BCUT2D eigenvalue weighted by Crippen LogP contribution is -2.71. The summed E-state index contributed by atoms with van der Waals surface area (Å²) in [5.41, 5.74) is 13.6. The van der Waals surface area contributed by atoms with Crippen LogP contribution in [0.4, 0.5) is 5.69 Å². The number of hydrogen-bond donors (Lipinski definition) is 4. The average Bonchev–Trinajstić information content (AvgIpc) is 3.52. The summed E-state index contributed by atoms with van der Waals surface area (Å²) in [6.45, 7) is 14.1. The van der Waals surface area contributed by atoms with Gasteiger partial charge in [-0.1, -0.05) is 12.1 Å². The number of amides is 2. The smallest absolute Gasteiger partial charge is 0.272 e. The number of allylic oxidation sites excluding steroid dienone is 1. The quantitative estimate of drug-likeness (QED) is 0.0836. The molecule has 3 saturated heterocycles. The fourth-order valence-corrected chi connectivity index (χ4v) is 9.66. The fraction of sp³-hybridized carbons (Fsp3) is 0.452. The number of piperidine rings is 1. The predicted octanol–water partition coefficient (Wildman–Crippen LogP) is 2.40. The molecule has 318 valence electrons. The molecular weight excluding hydrogens is 785 g/mol. The second kappa shape index (κ2) is 18.8. The number of carbonyl (C=O) groups is 3. The first kappa shape index (κ1) is 42.6. The van der Waals surface area contributed by atoms with Crippen LogP contribution in [0.25, 0.3) is 5.57 Å². The molecule has 4 aliphatic heterocycles. The van der Waals surface area contributed by atoms with Crippen LogP contribution < -0.4 is 31.6 Å². The Hall–Kier alpha value is -5.56. The van der Waals surface area contributed by atoms with Gasteiger partial charge in [-0.2, -0.15) is 5.10 Å². The third-order valence-electron chi connectivity index (χ3n) is 11.3. The Labute approximate surface area is 352 Å². The van der Waals surface area contributed by atoms with E-state index in [0.717, 1.165) is 79.8 Å². The zero-order valence-electron chi connectivity index (χ0n) is 34.2. The Morgan fingerprint density at radius 1 is 1.17 bits per heavy atom. The minimum Gasteiger partial charge on any atom is -0.485 e. The second-order valence-electron chi connectivity index (χ2n) is 16.1. The van der Waals surface area contributed by atoms with Crippen LogP contribution in [0.1, 0.15) is 73.1 Å². The average molecular weight is 839 g/mol. The van der Waals surface area contributed by atoms with Crippen LogP contribution in [0.3, 0.4) is 0 Å². The SMILES string of the molecule is C=Nn1cnc(/C(C=N)=C/N)c(OC(C)C)/c1=N/CNC1CCN(S(=O)c2cccc(CN3CC4(C3)CN(c3ccc5c(c3)CN(NC(=O)CCCC=O)C5=O)C4)c2)CC1. The summed E-state index contributed by atoms with van der Waals surface area (Å²) in [5, 5.41) is 16.6. The van der Waals surface area contributed by atoms with Crippen molar-refractivity contribution in [2.75, 3.05) is 50.8 Å². The summed E-state index contributed by atoms with van der Waals surface area (Å²) in [5.74, 6) is -0.111. The van der Waals surface area contributed by atoms with Gasteiger partial charge in [0, 0.05) is 106 Å². The molecule has 0 bridgehead atoms. The van der Waals surface area contributed by atoms with E-state index < -0.39 is 11.0 Å². The minimum atomic E-state index is -1.27. The standard InChI is InChI=1S/C42H54N12O5S/c1-29(2)59-39-38(32(19-43)20-44)48-28-54(45-3)40(39)47-27-46-33-12-14-52(15-13-33)60(58)35-8-6-7-30(17-35)21-50-23-42(24-50)25-51(26-42)34-10-11-36-31(18-34)22-53(41(36)57)49-37(56)9-4-5-16-55/h6-8,10-11,16-20,28-29,33,43,46H,3-5,9,12-15,21-27,44H2,1-2H3,(H,49,56)/b32-20+,43-19?,47-40-. The van der Waals surface area contributed by atoms with Crippen LogP contribution in [0, 0.1) is 10.8 Å². The Kier molecular flexibility index (Phi) is 13.3. The van der Waals surface area contributed by atoms with E-state index in [4.69, 9.17) is 20.9 Å². The first-order valence-electron chi connectivity index (χ1n) is 20.4. The lowest BCUT2D eigenvalue weighted by Gasteiger charge is -2.61. The summed E-state index contributed by atoms with van der Waals surface area (Å²) in [4.78, 5) is 50.4.